The predicted octanol–water partition coefficient (Wildman–Crippen LogP) is 2.67. The van der Waals surface area contributed by atoms with E-state index in [1.54, 1.807) is 0 Å². The van der Waals surface area contributed by atoms with Crippen LogP contribution in [0.5, 0.6) is 0 Å². The van der Waals surface area contributed by atoms with Gasteiger partial charge in [0.25, 0.3) is 0 Å². The highest BCUT2D eigenvalue weighted by atomic mass is 35.5. The topological polar surface area (TPSA) is 29.1 Å². The van der Waals surface area contributed by atoms with Crippen molar-refractivity contribution in [2.45, 2.75) is 32.7 Å². The molecule has 3 heteroatoms. The fraction of sp³-hybridized carbons (Fsp3) is 0.462. The van der Waals surface area contributed by atoms with Crippen LogP contribution in [0, 0.1) is 6.92 Å². The number of amides is 1. The van der Waals surface area contributed by atoms with Crippen molar-refractivity contribution in [3.8, 4) is 0 Å². The van der Waals surface area contributed by atoms with Crippen molar-refractivity contribution in [3.63, 3.8) is 0 Å². The minimum atomic E-state index is 0.0478. The smallest absolute Gasteiger partial charge is 0.220 e. The number of carbonyl (C=O) groups is 1. The van der Waals surface area contributed by atoms with E-state index in [2.05, 4.69) is 24.4 Å². The minimum Gasteiger partial charge on any atom is -0.352 e. The van der Waals surface area contributed by atoms with Gasteiger partial charge in [0, 0.05) is 18.3 Å². The lowest BCUT2D eigenvalue weighted by molar-refractivity contribution is -0.121. The molecule has 1 amide bonds. The molecule has 0 spiro atoms. The number of nitrogens with one attached hydrogen (secondary N) is 1. The van der Waals surface area contributed by atoms with Gasteiger partial charge in [-0.2, -0.15) is 0 Å². The maximum absolute atomic E-state index is 11.5. The summed E-state index contributed by atoms with van der Waals surface area (Å²) in [5.74, 6) is 0.519. The SMILES string of the molecule is Cc1cccc(CCC(=O)NC(C)CCl)c1. The van der Waals surface area contributed by atoms with E-state index >= 15 is 0 Å². The third-order valence-corrected chi connectivity index (χ3v) is 2.82. The second-order valence-corrected chi connectivity index (χ2v) is 4.42. The Kier molecular flexibility index (Phi) is 5.33. The van der Waals surface area contributed by atoms with E-state index in [0.29, 0.717) is 12.3 Å². The van der Waals surface area contributed by atoms with Crippen molar-refractivity contribution >= 4 is 17.5 Å². The lowest BCUT2D eigenvalue weighted by Gasteiger charge is -2.10. The zero-order valence-corrected chi connectivity index (χ0v) is 10.6. The molecule has 1 aromatic carbocycles. The molecular weight excluding hydrogens is 222 g/mol. The average Bonchev–Trinajstić information content (AvgIpc) is 2.26. The first kappa shape index (κ1) is 13.0. The summed E-state index contributed by atoms with van der Waals surface area (Å²) in [5, 5.41) is 2.84. The third-order valence-electron chi connectivity index (χ3n) is 2.36. The molecule has 16 heavy (non-hydrogen) atoms. The molecule has 0 bridgehead atoms. The van der Waals surface area contributed by atoms with Crippen molar-refractivity contribution in [1.29, 1.82) is 0 Å². The zero-order valence-electron chi connectivity index (χ0n) is 9.79. The highest BCUT2D eigenvalue weighted by Crippen LogP contribution is 2.06. The molecule has 1 rings (SSSR count). The number of hydrogen-bond acceptors (Lipinski definition) is 1. The van der Waals surface area contributed by atoms with Crippen molar-refractivity contribution in [1.82, 2.24) is 5.32 Å². The molecule has 0 aliphatic carbocycles. The normalized spacial score (nSPS) is 12.2. The largest absolute Gasteiger partial charge is 0.352 e. The van der Waals surface area contributed by atoms with Crippen molar-refractivity contribution < 1.29 is 4.79 Å². The molecule has 1 aromatic rings. The molecule has 0 radical (unpaired) electrons. The average molecular weight is 240 g/mol. The summed E-state index contributed by atoms with van der Waals surface area (Å²) in [5.41, 5.74) is 2.43. The molecule has 0 aliphatic heterocycles. The van der Waals surface area contributed by atoms with Crippen LogP contribution in [0.3, 0.4) is 0 Å². The Hall–Kier alpha value is -1.02. The van der Waals surface area contributed by atoms with Crippen molar-refractivity contribution in [2.75, 3.05) is 5.88 Å². The fourth-order valence-electron chi connectivity index (χ4n) is 1.51. The highest BCUT2D eigenvalue weighted by Gasteiger charge is 2.06. The lowest BCUT2D eigenvalue weighted by Crippen LogP contribution is -2.33. The molecule has 1 unspecified atom stereocenters. The third kappa shape index (κ3) is 4.67. The van der Waals surface area contributed by atoms with Crippen LogP contribution < -0.4 is 5.32 Å². The molecule has 0 aromatic heterocycles. The maximum Gasteiger partial charge on any atom is 0.220 e. The number of benzene rings is 1. The van der Waals surface area contributed by atoms with E-state index in [4.69, 9.17) is 11.6 Å². The van der Waals surface area contributed by atoms with Gasteiger partial charge in [0.1, 0.15) is 0 Å². The van der Waals surface area contributed by atoms with Crippen molar-refractivity contribution in [3.05, 3.63) is 35.4 Å². The minimum absolute atomic E-state index is 0.0478. The Balaban J connectivity index is 2.37. The fourth-order valence-corrected chi connectivity index (χ4v) is 1.59. The molecule has 0 saturated heterocycles. The molecule has 1 atom stereocenters. The standard InChI is InChI=1S/C13H18ClNO/c1-10-4-3-5-12(8-10)6-7-13(16)15-11(2)9-14/h3-5,8,11H,6-7,9H2,1-2H3,(H,15,16). The molecule has 0 aliphatic rings. The molecule has 0 heterocycles. The molecule has 88 valence electrons. The predicted molar refractivity (Wildman–Crippen MR) is 67.8 cm³/mol. The van der Waals surface area contributed by atoms with Gasteiger partial charge in [0.15, 0.2) is 0 Å². The molecule has 2 nitrogen and oxygen atoms in total. The summed E-state index contributed by atoms with van der Waals surface area (Å²) in [6.07, 6.45) is 1.30. The van der Waals surface area contributed by atoms with Gasteiger partial charge in [0.2, 0.25) is 5.91 Å². The number of alkyl halides is 1. The van der Waals surface area contributed by atoms with Crippen LogP contribution in [-0.2, 0) is 11.2 Å². The number of hydrogen-bond donors (Lipinski definition) is 1. The van der Waals surface area contributed by atoms with Crippen LogP contribution in [0.1, 0.15) is 24.5 Å². The van der Waals surface area contributed by atoms with Gasteiger partial charge in [-0.15, -0.1) is 11.6 Å². The van der Waals surface area contributed by atoms with Crippen LogP contribution in [0.4, 0.5) is 0 Å². The first-order valence-corrected chi connectivity index (χ1v) is 6.06. The van der Waals surface area contributed by atoms with Crippen LogP contribution in [0.25, 0.3) is 0 Å². The highest BCUT2D eigenvalue weighted by molar-refractivity contribution is 6.18. The molecule has 0 saturated carbocycles. The Morgan fingerprint density at radius 1 is 1.50 bits per heavy atom. The number of carbonyl (C=O) groups excluding carboxylic acids is 1. The molecular formula is C13H18ClNO. The quantitative estimate of drug-likeness (QED) is 0.787. The van der Waals surface area contributed by atoms with Crippen LogP contribution in [0.2, 0.25) is 0 Å². The van der Waals surface area contributed by atoms with Crippen LogP contribution in [-0.4, -0.2) is 17.8 Å². The first-order valence-electron chi connectivity index (χ1n) is 5.52. The Morgan fingerprint density at radius 3 is 2.88 bits per heavy atom. The van der Waals surface area contributed by atoms with E-state index in [1.807, 2.05) is 19.1 Å². The summed E-state index contributed by atoms with van der Waals surface area (Å²) in [4.78, 5) is 11.5. The van der Waals surface area contributed by atoms with Crippen molar-refractivity contribution in [2.24, 2.45) is 0 Å². The van der Waals surface area contributed by atoms with E-state index in [0.717, 1.165) is 6.42 Å². The van der Waals surface area contributed by atoms with E-state index in [1.165, 1.54) is 11.1 Å². The summed E-state index contributed by atoms with van der Waals surface area (Å²) < 4.78 is 0. The Labute approximate surface area is 102 Å². The van der Waals surface area contributed by atoms with E-state index < -0.39 is 0 Å². The maximum atomic E-state index is 11.5. The van der Waals surface area contributed by atoms with Crippen LogP contribution >= 0.6 is 11.6 Å². The summed E-state index contributed by atoms with van der Waals surface area (Å²) in [6.45, 7) is 3.96. The summed E-state index contributed by atoms with van der Waals surface area (Å²) in [7, 11) is 0. The summed E-state index contributed by atoms with van der Waals surface area (Å²) in [6, 6.07) is 8.28. The number of rotatable bonds is 5. The van der Waals surface area contributed by atoms with Gasteiger partial charge in [-0.25, -0.2) is 0 Å². The number of aryl methyl sites for hydroxylation is 2. The zero-order chi connectivity index (χ0) is 12.0. The molecule has 0 fully saturated rings. The van der Waals surface area contributed by atoms with Gasteiger partial charge in [0.05, 0.1) is 0 Å². The monoisotopic (exact) mass is 239 g/mol. The number of halogens is 1. The van der Waals surface area contributed by atoms with E-state index in [9.17, 15) is 4.79 Å². The Bertz CT molecular complexity index is 352. The van der Waals surface area contributed by atoms with E-state index in [-0.39, 0.29) is 11.9 Å². The van der Waals surface area contributed by atoms with Gasteiger partial charge in [-0.05, 0) is 25.8 Å². The van der Waals surface area contributed by atoms with Gasteiger partial charge >= 0.3 is 0 Å². The summed E-state index contributed by atoms with van der Waals surface area (Å²) >= 11 is 5.62. The van der Waals surface area contributed by atoms with Gasteiger partial charge in [-0.3, -0.25) is 4.79 Å². The van der Waals surface area contributed by atoms with Gasteiger partial charge < -0.3 is 5.32 Å². The van der Waals surface area contributed by atoms with Crippen LogP contribution in [0.15, 0.2) is 24.3 Å². The second kappa shape index (κ2) is 6.54. The first-order chi connectivity index (χ1) is 7.61. The van der Waals surface area contributed by atoms with Gasteiger partial charge in [-0.1, -0.05) is 29.8 Å². The lowest BCUT2D eigenvalue weighted by atomic mass is 10.1. The Morgan fingerprint density at radius 2 is 2.25 bits per heavy atom. The molecule has 1 N–H and O–H groups in total. The second-order valence-electron chi connectivity index (χ2n) is 4.11.